The van der Waals surface area contributed by atoms with Gasteiger partial charge < -0.3 is 10.2 Å². The molecule has 0 unspecified atom stereocenters. The second-order valence-electron chi connectivity index (χ2n) is 5.07. The topological polar surface area (TPSA) is 15.3 Å². The molecule has 86 valence electrons. The number of nitrogens with one attached hydrogen (secondary N) is 1. The molecule has 2 aliphatic rings. The average Bonchev–Trinajstić information content (AvgIpc) is 2.28. The summed E-state index contributed by atoms with van der Waals surface area (Å²) in [6.45, 7) is 4.90. The van der Waals surface area contributed by atoms with Gasteiger partial charge in [0.1, 0.15) is 0 Å². The first-order chi connectivity index (χ1) is 7.77. The predicted molar refractivity (Wildman–Crippen MR) is 70.9 cm³/mol. The van der Waals surface area contributed by atoms with E-state index in [1.54, 1.807) is 0 Å². The van der Waals surface area contributed by atoms with Crippen LogP contribution in [0.15, 0.2) is 28.7 Å². The molecule has 1 aromatic carbocycles. The van der Waals surface area contributed by atoms with Gasteiger partial charge in [-0.3, -0.25) is 0 Å². The molecule has 0 saturated carbocycles. The van der Waals surface area contributed by atoms with Gasteiger partial charge in [0.05, 0.1) is 0 Å². The Labute approximate surface area is 105 Å². The van der Waals surface area contributed by atoms with E-state index >= 15 is 0 Å². The molecule has 2 nitrogen and oxygen atoms in total. The number of hydrogen-bond donors (Lipinski definition) is 1. The van der Waals surface area contributed by atoms with E-state index in [2.05, 4.69) is 50.4 Å². The molecule has 1 spiro atoms. The summed E-state index contributed by atoms with van der Waals surface area (Å²) in [4.78, 5) is 2.51. The molecule has 2 fully saturated rings. The number of halogens is 1. The standard InChI is InChI=1S/C13H17BrN2/c14-11-1-3-12(4-2-11)16-7-5-13(6-8-16)9-15-10-13/h1-4,15H,5-10H2. The van der Waals surface area contributed by atoms with Gasteiger partial charge in [0.15, 0.2) is 0 Å². The molecule has 2 heterocycles. The van der Waals surface area contributed by atoms with Crippen molar-refractivity contribution in [3.8, 4) is 0 Å². The average molecular weight is 281 g/mol. The Morgan fingerprint density at radius 1 is 1.06 bits per heavy atom. The second-order valence-corrected chi connectivity index (χ2v) is 5.98. The number of anilines is 1. The Balaban J connectivity index is 1.67. The molecular formula is C13H17BrN2. The predicted octanol–water partition coefficient (Wildman–Crippen LogP) is 2.64. The van der Waals surface area contributed by atoms with Crippen LogP contribution >= 0.6 is 15.9 Å². The largest absolute Gasteiger partial charge is 0.371 e. The third-order valence-corrected chi connectivity index (χ3v) is 4.54. The summed E-state index contributed by atoms with van der Waals surface area (Å²) in [5.74, 6) is 0. The minimum absolute atomic E-state index is 0.645. The van der Waals surface area contributed by atoms with Gasteiger partial charge >= 0.3 is 0 Å². The Morgan fingerprint density at radius 3 is 2.19 bits per heavy atom. The summed E-state index contributed by atoms with van der Waals surface area (Å²) in [6, 6.07) is 8.68. The normalized spacial score (nSPS) is 23.2. The summed E-state index contributed by atoms with van der Waals surface area (Å²) in [6.07, 6.45) is 2.69. The molecule has 0 atom stereocenters. The van der Waals surface area contributed by atoms with Crippen molar-refractivity contribution in [2.45, 2.75) is 12.8 Å². The fourth-order valence-electron chi connectivity index (χ4n) is 2.72. The van der Waals surface area contributed by atoms with Crippen molar-refractivity contribution < 1.29 is 0 Å². The van der Waals surface area contributed by atoms with Crippen LogP contribution in [0.2, 0.25) is 0 Å². The molecule has 0 radical (unpaired) electrons. The monoisotopic (exact) mass is 280 g/mol. The third kappa shape index (κ3) is 1.87. The van der Waals surface area contributed by atoms with Gasteiger partial charge in [-0.05, 0) is 42.5 Å². The summed E-state index contributed by atoms with van der Waals surface area (Å²) in [7, 11) is 0. The lowest BCUT2D eigenvalue weighted by Gasteiger charge is -2.49. The Kier molecular flexibility index (Phi) is 2.68. The van der Waals surface area contributed by atoms with Crippen molar-refractivity contribution in [3.63, 3.8) is 0 Å². The zero-order valence-corrected chi connectivity index (χ0v) is 11.0. The minimum Gasteiger partial charge on any atom is -0.371 e. The van der Waals surface area contributed by atoms with Crippen molar-refractivity contribution in [2.75, 3.05) is 31.1 Å². The van der Waals surface area contributed by atoms with Gasteiger partial charge in [0, 0.05) is 36.3 Å². The molecule has 0 aromatic heterocycles. The molecule has 1 N–H and O–H groups in total. The molecule has 3 heteroatoms. The molecule has 0 aliphatic carbocycles. The minimum atomic E-state index is 0.645. The van der Waals surface area contributed by atoms with Crippen LogP contribution in [-0.4, -0.2) is 26.2 Å². The van der Waals surface area contributed by atoms with Gasteiger partial charge in [-0.1, -0.05) is 15.9 Å². The number of piperidine rings is 1. The van der Waals surface area contributed by atoms with Crippen LogP contribution < -0.4 is 10.2 Å². The molecule has 0 amide bonds. The molecule has 2 aliphatic heterocycles. The van der Waals surface area contributed by atoms with E-state index in [0.717, 1.165) is 4.47 Å². The van der Waals surface area contributed by atoms with Crippen LogP contribution in [0.4, 0.5) is 5.69 Å². The lowest BCUT2D eigenvalue weighted by atomic mass is 9.73. The lowest BCUT2D eigenvalue weighted by Crippen LogP contribution is -2.58. The van der Waals surface area contributed by atoms with Crippen LogP contribution in [0.3, 0.4) is 0 Å². The van der Waals surface area contributed by atoms with E-state index in [0.29, 0.717) is 5.41 Å². The summed E-state index contributed by atoms with van der Waals surface area (Å²) < 4.78 is 1.16. The summed E-state index contributed by atoms with van der Waals surface area (Å²) in [5, 5.41) is 3.41. The van der Waals surface area contributed by atoms with Gasteiger partial charge in [0.25, 0.3) is 0 Å². The smallest absolute Gasteiger partial charge is 0.0366 e. The van der Waals surface area contributed by atoms with E-state index in [4.69, 9.17) is 0 Å². The first-order valence-corrected chi connectivity index (χ1v) is 6.78. The van der Waals surface area contributed by atoms with Crippen LogP contribution in [-0.2, 0) is 0 Å². The number of rotatable bonds is 1. The lowest BCUT2D eigenvalue weighted by molar-refractivity contribution is 0.126. The zero-order chi connectivity index (χ0) is 11.0. The molecule has 2 saturated heterocycles. The van der Waals surface area contributed by atoms with Gasteiger partial charge in [-0.2, -0.15) is 0 Å². The number of nitrogens with zero attached hydrogens (tertiary/aromatic N) is 1. The van der Waals surface area contributed by atoms with Crippen molar-refractivity contribution in [2.24, 2.45) is 5.41 Å². The summed E-state index contributed by atoms with van der Waals surface area (Å²) in [5.41, 5.74) is 2.01. The van der Waals surface area contributed by atoms with E-state index in [-0.39, 0.29) is 0 Å². The van der Waals surface area contributed by atoms with E-state index in [9.17, 15) is 0 Å². The van der Waals surface area contributed by atoms with Crippen LogP contribution in [0.25, 0.3) is 0 Å². The molecule has 1 aromatic rings. The maximum absolute atomic E-state index is 3.48. The van der Waals surface area contributed by atoms with Crippen molar-refractivity contribution >= 4 is 21.6 Å². The highest BCUT2D eigenvalue weighted by Gasteiger charge is 2.39. The molecule has 16 heavy (non-hydrogen) atoms. The first kappa shape index (κ1) is 10.6. The van der Waals surface area contributed by atoms with Crippen LogP contribution in [0.1, 0.15) is 12.8 Å². The highest BCUT2D eigenvalue weighted by atomic mass is 79.9. The van der Waals surface area contributed by atoms with Gasteiger partial charge in [0.2, 0.25) is 0 Å². The zero-order valence-electron chi connectivity index (χ0n) is 9.38. The first-order valence-electron chi connectivity index (χ1n) is 5.99. The quantitative estimate of drug-likeness (QED) is 0.851. The van der Waals surface area contributed by atoms with Gasteiger partial charge in [-0.25, -0.2) is 0 Å². The Bertz CT molecular complexity index is 360. The highest BCUT2D eigenvalue weighted by molar-refractivity contribution is 9.10. The molecule has 0 bridgehead atoms. The van der Waals surface area contributed by atoms with Crippen molar-refractivity contribution in [3.05, 3.63) is 28.7 Å². The van der Waals surface area contributed by atoms with Crippen molar-refractivity contribution in [1.29, 1.82) is 0 Å². The molecular weight excluding hydrogens is 264 g/mol. The summed E-state index contributed by atoms with van der Waals surface area (Å²) >= 11 is 3.48. The number of hydrogen-bond acceptors (Lipinski definition) is 2. The van der Waals surface area contributed by atoms with E-state index in [1.165, 1.54) is 44.7 Å². The van der Waals surface area contributed by atoms with Gasteiger partial charge in [-0.15, -0.1) is 0 Å². The van der Waals surface area contributed by atoms with E-state index < -0.39 is 0 Å². The third-order valence-electron chi connectivity index (χ3n) is 4.02. The fraction of sp³-hybridized carbons (Fsp3) is 0.538. The Hall–Kier alpha value is -0.540. The number of benzene rings is 1. The Morgan fingerprint density at radius 2 is 1.69 bits per heavy atom. The maximum Gasteiger partial charge on any atom is 0.0366 e. The SMILES string of the molecule is Brc1ccc(N2CCC3(CC2)CNC3)cc1. The highest BCUT2D eigenvalue weighted by Crippen LogP contribution is 2.36. The van der Waals surface area contributed by atoms with Crippen LogP contribution in [0.5, 0.6) is 0 Å². The van der Waals surface area contributed by atoms with Crippen LogP contribution in [0, 0.1) is 5.41 Å². The van der Waals surface area contributed by atoms with Crippen molar-refractivity contribution in [1.82, 2.24) is 5.32 Å². The second kappa shape index (κ2) is 4.04. The van der Waals surface area contributed by atoms with E-state index in [1.807, 2.05) is 0 Å². The molecule has 3 rings (SSSR count). The fourth-order valence-corrected chi connectivity index (χ4v) is 2.99. The maximum atomic E-state index is 3.48.